The highest BCUT2D eigenvalue weighted by Gasteiger charge is 2.21. The van der Waals surface area contributed by atoms with E-state index in [4.69, 9.17) is 4.74 Å². The van der Waals surface area contributed by atoms with E-state index in [2.05, 4.69) is 121 Å². The largest absolute Gasteiger partial charge is 0.456 e. The van der Waals surface area contributed by atoms with Crippen LogP contribution in [0.4, 0.5) is 0 Å². The standard InChI is InChI=1S/C34H20O/c1-3-11-25-21(7-1)15-17-28-29(25)19-23-8-2-4-12-26(23)33(28)24-16-18-31-30(20-24)27-13-5-9-22-10-6-14-32(35-31)34(22)27/h1-20H. The van der Waals surface area contributed by atoms with Gasteiger partial charge in [-0.3, -0.25) is 0 Å². The van der Waals surface area contributed by atoms with Crippen molar-refractivity contribution in [2.24, 2.45) is 0 Å². The molecule has 0 atom stereocenters. The van der Waals surface area contributed by atoms with E-state index < -0.39 is 0 Å². The third-order valence-electron chi connectivity index (χ3n) is 7.41. The van der Waals surface area contributed by atoms with Gasteiger partial charge in [-0.2, -0.15) is 0 Å². The molecule has 0 aromatic heterocycles. The molecule has 0 fully saturated rings. The lowest BCUT2D eigenvalue weighted by Crippen LogP contribution is -1.97. The lowest BCUT2D eigenvalue weighted by molar-refractivity contribution is 0.487. The van der Waals surface area contributed by atoms with Gasteiger partial charge in [0.15, 0.2) is 0 Å². The third-order valence-corrected chi connectivity index (χ3v) is 7.41. The van der Waals surface area contributed by atoms with Crippen molar-refractivity contribution in [2.75, 3.05) is 0 Å². The molecule has 0 aliphatic carbocycles. The van der Waals surface area contributed by atoms with Crippen LogP contribution in [0.15, 0.2) is 121 Å². The molecule has 0 amide bonds. The Bertz CT molecular complexity index is 1970. The monoisotopic (exact) mass is 444 g/mol. The minimum atomic E-state index is 0.912. The molecule has 35 heavy (non-hydrogen) atoms. The van der Waals surface area contributed by atoms with Crippen LogP contribution < -0.4 is 4.74 Å². The van der Waals surface area contributed by atoms with Crippen molar-refractivity contribution in [2.45, 2.75) is 0 Å². The summed E-state index contributed by atoms with van der Waals surface area (Å²) in [5.41, 5.74) is 4.86. The van der Waals surface area contributed by atoms with Crippen LogP contribution in [0.2, 0.25) is 0 Å². The molecule has 1 heteroatoms. The number of benzene rings is 7. The molecule has 1 heterocycles. The highest BCUT2D eigenvalue weighted by Crippen LogP contribution is 2.48. The fourth-order valence-corrected chi connectivity index (χ4v) is 5.85. The van der Waals surface area contributed by atoms with Crippen molar-refractivity contribution in [3.05, 3.63) is 121 Å². The van der Waals surface area contributed by atoms with Crippen LogP contribution in [-0.4, -0.2) is 0 Å². The Morgan fingerprint density at radius 1 is 0.400 bits per heavy atom. The summed E-state index contributed by atoms with van der Waals surface area (Å²) < 4.78 is 6.37. The van der Waals surface area contributed by atoms with Gasteiger partial charge in [0.25, 0.3) is 0 Å². The molecule has 7 aromatic rings. The average Bonchev–Trinajstić information content (AvgIpc) is 2.92. The lowest BCUT2D eigenvalue weighted by Gasteiger charge is -2.22. The molecule has 0 spiro atoms. The average molecular weight is 445 g/mol. The summed E-state index contributed by atoms with van der Waals surface area (Å²) in [5.74, 6) is 1.84. The Morgan fingerprint density at radius 2 is 1.17 bits per heavy atom. The second-order valence-corrected chi connectivity index (χ2v) is 9.33. The minimum Gasteiger partial charge on any atom is -0.456 e. The van der Waals surface area contributed by atoms with E-state index in [9.17, 15) is 0 Å². The second-order valence-electron chi connectivity index (χ2n) is 9.33. The van der Waals surface area contributed by atoms with Crippen LogP contribution in [0.5, 0.6) is 11.5 Å². The lowest BCUT2D eigenvalue weighted by atomic mass is 9.87. The maximum absolute atomic E-state index is 6.37. The van der Waals surface area contributed by atoms with Crippen LogP contribution >= 0.6 is 0 Å². The van der Waals surface area contributed by atoms with Crippen molar-refractivity contribution >= 4 is 43.1 Å². The summed E-state index contributed by atoms with van der Waals surface area (Å²) in [6.07, 6.45) is 0. The van der Waals surface area contributed by atoms with Gasteiger partial charge in [0, 0.05) is 10.9 Å². The van der Waals surface area contributed by atoms with E-state index in [-0.39, 0.29) is 0 Å². The maximum Gasteiger partial charge on any atom is 0.135 e. The molecule has 7 aromatic carbocycles. The smallest absolute Gasteiger partial charge is 0.135 e. The summed E-state index contributed by atoms with van der Waals surface area (Å²) in [7, 11) is 0. The van der Waals surface area contributed by atoms with Gasteiger partial charge < -0.3 is 4.74 Å². The van der Waals surface area contributed by atoms with Gasteiger partial charge in [-0.15, -0.1) is 0 Å². The number of ether oxygens (including phenoxy) is 1. The van der Waals surface area contributed by atoms with E-state index in [1.807, 2.05) is 0 Å². The molecule has 1 aliphatic heterocycles. The zero-order valence-corrected chi connectivity index (χ0v) is 19.0. The third kappa shape index (κ3) is 2.64. The Morgan fingerprint density at radius 3 is 2.09 bits per heavy atom. The highest BCUT2D eigenvalue weighted by molar-refractivity contribution is 6.20. The Balaban J connectivity index is 1.48. The van der Waals surface area contributed by atoms with Crippen molar-refractivity contribution in [3.63, 3.8) is 0 Å². The molecule has 0 N–H and O–H groups in total. The highest BCUT2D eigenvalue weighted by atomic mass is 16.5. The summed E-state index contributed by atoms with van der Waals surface area (Å²) >= 11 is 0. The first-order valence-electron chi connectivity index (χ1n) is 12.0. The van der Waals surface area contributed by atoms with Crippen molar-refractivity contribution in [3.8, 4) is 33.8 Å². The van der Waals surface area contributed by atoms with E-state index in [0.29, 0.717) is 0 Å². The molecule has 162 valence electrons. The van der Waals surface area contributed by atoms with Crippen LogP contribution in [0.25, 0.3) is 65.3 Å². The predicted octanol–water partition coefficient (Wildman–Crippen LogP) is 9.74. The number of hydrogen-bond acceptors (Lipinski definition) is 1. The molecule has 8 rings (SSSR count). The van der Waals surface area contributed by atoms with E-state index in [1.54, 1.807) is 0 Å². The van der Waals surface area contributed by atoms with E-state index in [1.165, 1.54) is 59.8 Å². The van der Waals surface area contributed by atoms with Gasteiger partial charge >= 0.3 is 0 Å². The Kier molecular flexibility index (Phi) is 3.72. The van der Waals surface area contributed by atoms with E-state index >= 15 is 0 Å². The number of fused-ring (bicyclic) bond motifs is 6. The molecule has 0 bridgehead atoms. The first-order valence-corrected chi connectivity index (χ1v) is 12.0. The molecule has 1 nitrogen and oxygen atoms in total. The molecule has 0 unspecified atom stereocenters. The molecular weight excluding hydrogens is 424 g/mol. The van der Waals surface area contributed by atoms with E-state index in [0.717, 1.165) is 17.1 Å². The van der Waals surface area contributed by atoms with Crippen LogP contribution in [-0.2, 0) is 0 Å². The van der Waals surface area contributed by atoms with Crippen molar-refractivity contribution in [1.82, 2.24) is 0 Å². The molecule has 0 radical (unpaired) electrons. The van der Waals surface area contributed by atoms with Crippen LogP contribution in [0.1, 0.15) is 0 Å². The number of hydrogen-bond donors (Lipinski definition) is 0. The fraction of sp³-hybridized carbons (Fsp3) is 0. The second kappa shape index (κ2) is 6.94. The van der Waals surface area contributed by atoms with Gasteiger partial charge in [0.05, 0.1) is 0 Å². The summed E-state index contributed by atoms with van der Waals surface area (Å²) in [4.78, 5) is 0. The van der Waals surface area contributed by atoms with Crippen molar-refractivity contribution < 1.29 is 4.74 Å². The van der Waals surface area contributed by atoms with Gasteiger partial charge in [-0.25, -0.2) is 0 Å². The normalized spacial score (nSPS) is 12.2. The zero-order chi connectivity index (χ0) is 22.9. The summed E-state index contributed by atoms with van der Waals surface area (Å²) in [6, 6.07) is 43.7. The molecular formula is C34H20O. The minimum absolute atomic E-state index is 0.912. The summed E-state index contributed by atoms with van der Waals surface area (Å²) in [6.45, 7) is 0. The van der Waals surface area contributed by atoms with Gasteiger partial charge in [-0.05, 0) is 78.7 Å². The summed E-state index contributed by atoms with van der Waals surface area (Å²) in [5, 5.41) is 10.0. The molecule has 0 saturated carbocycles. The predicted molar refractivity (Wildman–Crippen MR) is 147 cm³/mol. The molecule has 0 saturated heterocycles. The van der Waals surface area contributed by atoms with Crippen LogP contribution in [0.3, 0.4) is 0 Å². The van der Waals surface area contributed by atoms with Crippen LogP contribution in [0, 0.1) is 0 Å². The first-order chi connectivity index (χ1) is 17.3. The number of rotatable bonds is 1. The topological polar surface area (TPSA) is 9.23 Å². The zero-order valence-electron chi connectivity index (χ0n) is 19.0. The van der Waals surface area contributed by atoms with Gasteiger partial charge in [-0.1, -0.05) is 97.1 Å². The molecule has 1 aliphatic rings. The Labute approximate surface area is 202 Å². The maximum atomic E-state index is 6.37. The van der Waals surface area contributed by atoms with Gasteiger partial charge in [0.1, 0.15) is 11.5 Å². The first kappa shape index (κ1) is 18.8. The SMILES string of the molecule is c1ccc2c(-c3ccc4c(c3)-c3cccc5cccc(c35)O4)c3ccc4ccccc4c3cc2c1. The Hall–Kier alpha value is -4.62. The van der Waals surface area contributed by atoms with Crippen molar-refractivity contribution in [1.29, 1.82) is 0 Å². The quantitative estimate of drug-likeness (QED) is 0.181. The van der Waals surface area contributed by atoms with Gasteiger partial charge in [0.2, 0.25) is 0 Å². The fourth-order valence-electron chi connectivity index (χ4n) is 5.85.